The molecule has 0 unspecified atom stereocenters. The third-order valence-corrected chi connectivity index (χ3v) is 2.61. The van der Waals surface area contributed by atoms with Crippen molar-refractivity contribution in [2.75, 3.05) is 0 Å². The second-order valence-electron chi connectivity index (χ2n) is 3.70. The molecule has 1 aromatic rings. The van der Waals surface area contributed by atoms with Crippen LogP contribution in [-0.2, 0) is 10.3 Å². The van der Waals surface area contributed by atoms with Crippen LogP contribution in [0.4, 0.5) is 0 Å². The molecule has 1 aliphatic carbocycles. The summed E-state index contributed by atoms with van der Waals surface area (Å²) >= 11 is 0. The Labute approximate surface area is 97.3 Å². The first kappa shape index (κ1) is 12.7. The average Bonchev–Trinajstić information content (AvgIpc) is 3.14. The molecule has 16 heavy (non-hydrogen) atoms. The van der Waals surface area contributed by atoms with Gasteiger partial charge in [-0.2, -0.15) is 0 Å². The standard InChI is InChI=1S/C11H14N2O.C2H6/c1-2-10(14)13-11(6-7-11)9-5-3-4-8-12-9;1-2/h3-5,8H,2,6-7H2,1H3,(H,13,14);1-2H3. The fourth-order valence-electron chi connectivity index (χ4n) is 1.57. The molecule has 1 aliphatic rings. The maximum atomic E-state index is 11.3. The van der Waals surface area contributed by atoms with E-state index in [4.69, 9.17) is 0 Å². The molecule has 1 saturated carbocycles. The fourth-order valence-corrected chi connectivity index (χ4v) is 1.57. The van der Waals surface area contributed by atoms with Crippen molar-refractivity contribution in [3.05, 3.63) is 30.1 Å². The number of amides is 1. The quantitative estimate of drug-likeness (QED) is 0.850. The van der Waals surface area contributed by atoms with Crippen molar-refractivity contribution in [1.82, 2.24) is 10.3 Å². The molecule has 0 aromatic carbocycles. The van der Waals surface area contributed by atoms with Crippen LogP contribution >= 0.6 is 0 Å². The molecule has 88 valence electrons. The van der Waals surface area contributed by atoms with E-state index in [1.165, 1.54) is 0 Å². The summed E-state index contributed by atoms with van der Waals surface area (Å²) < 4.78 is 0. The van der Waals surface area contributed by atoms with E-state index < -0.39 is 0 Å². The minimum atomic E-state index is -0.144. The van der Waals surface area contributed by atoms with Crippen LogP contribution < -0.4 is 5.32 Å². The van der Waals surface area contributed by atoms with Gasteiger partial charge < -0.3 is 5.32 Å². The summed E-state index contributed by atoms with van der Waals surface area (Å²) in [5, 5.41) is 3.03. The Kier molecular flexibility index (Phi) is 4.47. The van der Waals surface area contributed by atoms with Crippen LogP contribution in [0, 0.1) is 0 Å². The van der Waals surface area contributed by atoms with Gasteiger partial charge in [0.15, 0.2) is 0 Å². The van der Waals surface area contributed by atoms with E-state index in [1.807, 2.05) is 39.0 Å². The smallest absolute Gasteiger partial charge is 0.220 e. The molecule has 0 spiro atoms. The van der Waals surface area contributed by atoms with E-state index in [0.29, 0.717) is 6.42 Å². The highest BCUT2D eigenvalue weighted by molar-refractivity contribution is 5.77. The van der Waals surface area contributed by atoms with Gasteiger partial charge in [0.1, 0.15) is 0 Å². The molecular weight excluding hydrogens is 200 g/mol. The molecule has 0 saturated heterocycles. The summed E-state index contributed by atoms with van der Waals surface area (Å²) in [4.78, 5) is 15.6. The van der Waals surface area contributed by atoms with Crippen molar-refractivity contribution in [2.45, 2.75) is 45.6 Å². The first-order chi connectivity index (χ1) is 7.77. The highest BCUT2D eigenvalue weighted by Gasteiger charge is 2.46. The zero-order chi connectivity index (χ0) is 12.0. The average molecular weight is 220 g/mol. The number of pyridine rings is 1. The molecule has 0 radical (unpaired) electrons. The summed E-state index contributed by atoms with van der Waals surface area (Å²) in [6.45, 7) is 5.86. The number of carbonyl (C=O) groups is 1. The molecule has 0 aliphatic heterocycles. The maximum absolute atomic E-state index is 11.3. The zero-order valence-electron chi connectivity index (χ0n) is 10.3. The lowest BCUT2D eigenvalue weighted by Gasteiger charge is -2.15. The lowest BCUT2D eigenvalue weighted by Crippen LogP contribution is -2.34. The largest absolute Gasteiger partial charge is 0.345 e. The minimum Gasteiger partial charge on any atom is -0.345 e. The maximum Gasteiger partial charge on any atom is 0.220 e. The number of nitrogens with one attached hydrogen (secondary N) is 1. The van der Waals surface area contributed by atoms with E-state index >= 15 is 0 Å². The Hall–Kier alpha value is -1.38. The van der Waals surface area contributed by atoms with Gasteiger partial charge >= 0.3 is 0 Å². The number of nitrogens with zero attached hydrogens (tertiary/aromatic N) is 1. The topological polar surface area (TPSA) is 42.0 Å². The van der Waals surface area contributed by atoms with E-state index in [-0.39, 0.29) is 11.4 Å². The number of rotatable bonds is 3. The first-order valence-electron chi connectivity index (χ1n) is 5.99. The second kappa shape index (κ2) is 5.64. The van der Waals surface area contributed by atoms with Crippen LogP contribution in [0.2, 0.25) is 0 Å². The Morgan fingerprint density at radius 3 is 2.56 bits per heavy atom. The summed E-state index contributed by atoms with van der Waals surface area (Å²) in [6.07, 6.45) is 4.33. The van der Waals surface area contributed by atoms with Crippen molar-refractivity contribution in [1.29, 1.82) is 0 Å². The highest BCUT2D eigenvalue weighted by atomic mass is 16.1. The van der Waals surface area contributed by atoms with E-state index in [1.54, 1.807) is 6.20 Å². The van der Waals surface area contributed by atoms with Crippen molar-refractivity contribution < 1.29 is 4.79 Å². The Morgan fingerprint density at radius 2 is 2.12 bits per heavy atom. The Bertz CT molecular complexity index is 331. The zero-order valence-corrected chi connectivity index (χ0v) is 10.3. The van der Waals surface area contributed by atoms with Crippen LogP contribution in [0.25, 0.3) is 0 Å². The van der Waals surface area contributed by atoms with Crippen molar-refractivity contribution in [3.8, 4) is 0 Å². The van der Waals surface area contributed by atoms with Gasteiger partial charge in [0.25, 0.3) is 0 Å². The van der Waals surface area contributed by atoms with Crippen molar-refractivity contribution in [3.63, 3.8) is 0 Å². The lowest BCUT2D eigenvalue weighted by atomic mass is 10.1. The summed E-state index contributed by atoms with van der Waals surface area (Å²) in [7, 11) is 0. The predicted octanol–water partition coefficient (Wildman–Crippen LogP) is 2.62. The van der Waals surface area contributed by atoms with Gasteiger partial charge in [-0.3, -0.25) is 9.78 Å². The molecule has 1 aromatic heterocycles. The van der Waals surface area contributed by atoms with Gasteiger partial charge in [-0.15, -0.1) is 0 Å². The van der Waals surface area contributed by atoms with Gasteiger partial charge in [0.05, 0.1) is 11.2 Å². The highest BCUT2D eigenvalue weighted by Crippen LogP contribution is 2.44. The molecule has 0 bridgehead atoms. The molecule has 1 fully saturated rings. The van der Waals surface area contributed by atoms with Crippen LogP contribution in [0.1, 0.15) is 45.7 Å². The molecule has 1 N–H and O–H groups in total. The Morgan fingerprint density at radius 1 is 1.44 bits per heavy atom. The van der Waals surface area contributed by atoms with Crippen molar-refractivity contribution in [2.24, 2.45) is 0 Å². The molecular formula is C13H20N2O. The van der Waals surface area contributed by atoms with Gasteiger partial charge in [-0.05, 0) is 25.0 Å². The molecule has 0 atom stereocenters. The van der Waals surface area contributed by atoms with E-state index in [0.717, 1.165) is 18.5 Å². The predicted molar refractivity (Wildman–Crippen MR) is 64.9 cm³/mol. The van der Waals surface area contributed by atoms with Gasteiger partial charge in [-0.1, -0.05) is 26.8 Å². The van der Waals surface area contributed by atoms with Crippen LogP contribution in [0.3, 0.4) is 0 Å². The summed E-state index contributed by atoms with van der Waals surface area (Å²) in [6, 6.07) is 5.82. The molecule has 3 nitrogen and oxygen atoms in total. The third-order valence-electron chi connectivity index (χ3n) is 2.61. The van der Waals surface area contributed by atoms with Crippen LogP contribution in [0.15, 0.2) is 24.4 Å². The van der Waals surface area contributed by atoms with Crippen LogP contribution in [0.5, 0.6) is 0 Å². The molecule has 2 rings (SSSR count). The molecule has 1 amide bonds. The SMILES string of the molecule is CC.CCC(=O)NC1(c2ccccn2)CC1. The van der Waals surface area contributed by atoms with E-state index in [2.05, 4.69) is 10.3 Å². The number of aromatic nitrogens is 1. The number of hydrogen-bond donors (Lipinski definition) is 1. The monoisotopic (exact) mass is 220 g/mol. The number of hydrogen-bond acceptors (Lipinski definition) is 2. The normalized spacial score (nSPS) is 15.7. The Balaban J connectivity index is 0.000000606. The van der Waals surface area contributed by atoms with Gasteiger partial charge in [0.2, 0.25) is 5.91 Å². The summed E-state index contributed by atoms with van der Waals surface area (Å²) in [5.74, 6) is 0.105. The fraction of sp³-hybridized carbons (Fsp3) is 0.538. The lowest BCUT2D eigenvalue weighted by molar-refractivity contribution is -0.121. The van der Waals surface area contributed by atoms with Gasteiger partial charge in [0, 0.05) is 12.6 Å². The number of carbonyl (C=O) groups excluding carboxylic acids is 1. The van der Waals surface area contributed by atoms with Crippen molar-refractivity contribution >= 4 is 5.91 Å². The van der Waals surface area contributed by atoms with E-state index in [9.17, 15) is 4.79 Å². The van der Waals surface area contributed by atoms with Crippen LogP contribution in [-0.4, -0.2) is 10.9 Å². The molecule has 3 heteroatoms. The van der Waals surface area contributed by atoms with Gasteiger partial charge in [-0.25, -0.2) is 0 Å². The first-order valence-corrected chi connectivity index (χ1v) is 5.99. The second-order valence-corrected chi connectivity index (χ2v) is 3.70. The molecule has 1 heterocycles. The third kappa shape index (κ3) is 2.81. The minimum absolute atomic E-state index is 0.105. The summed E-state index contributed by atoms with van der Waals surface area (Å²) in [5.41, 5.74) is 0.843.